The molecule has 2 aromatic rings. The number of rotatable bonds is 7. The molecule has 2 bridgehead atoms. The molecule has 5 rings (SSSR count). The molecule has 2 N–H and O–H groups in total. The van der Waals surface area contributed by atoms with E-state index in [1.54, 1.807) is 17.6 Å². The van der Waals surface area contributed by atoms with Gasteiger partial charge in [0.05, 0.1) is 43.4 Å². The molecule has 13 heteroatoms. The van der Waals surface area contributed by atoms with E-state index in [4.69, 9.17) is 21.1 Å². The Morgan fingerprint density at radius 1 is 1.37 bits per heavy atom. The standard InChI is InChI=1S/C25H25ClF2N4O5S/c1-36-25(35)19-16(9-32-13-7-12(8-18(33)34)21(28)17(32)11-37-10-13)30-23(24-29-5-6-38-24)31-22(19)14-3-2-4-15(27)20(14)26/h2-6,12-13,17,21-22H,7-11H2,1H3,(H,30,31)(H,33,34)/t12-,13-,17+,21-,22+/m1/s1. The monoisotopic (exact) mass is 566 g/mol. The molecule has 0 unspecified atom stereocenters. The Labute approximate surface area is 226 Å². The van der Waals surface area contributed by atoms with Crippen molar-refractivity contribution in [1.82, 2.24) is 15.2 Å². The highest BCUT2D eigenvalue weighted by Gasteiger charge is 2.47. The number of carboxylic acids is 1. The number of benzene rings is 1. The fourth-order valence-corrected chi connectivity index (χ4v) is 6.20. The molecule has 0 saturated carbocycles. The third-order valence-corrected chi connectivity index (χ3v) is 8.28. The van der Waals surface area contributed by atoms with Gasteiger partial charge in [-0.2, -0.15) is 0 Å². The third kappa shape index (κ3) is 5.05. The first kappa shape index (κ1) is 26.7. The normalized spacial score (nSPS) is 27.5. The quantitative estimate of drug-likeness (QED) is 0.491. The first-order chi connectivity index (χ1) is 18.3. The van der Waals surface area contributed by atoms with Gasteiger partial charge in [0, 0.05) is 41.3 Å². The topological polar surface area (TPSA) is 113 Å². The molecule has 2 fully saturated rings. The highest BCUT2D eigenvalue weighted by Crippen LogP contribution is 2.40. The number of piperidine rings is 1. The number of aliphatic carboxylic acids is 1. The van der Waals surface area contributed by atoms with Crippen molar-refractivity contribution in [2.45, 2.75) is 37.1 Å². The van der Waals surface area contributed by atoms with E-state index >= 15 is 4.39 Å². The van der Waals surface area contributed by atoms with Crippen LogP contribution in [0.3, 0.4) is 0 Å². The number of methoxy groups -OCH3 is 1. The van der Waals surface area contributed by atoms with Crippen LogP contribution < -0.4 is 5.32 Å². The number of amidine groups is 1. The number of aliphatic imine (C=N–C) groups is 1. The van der Waals surface area contributed by atoms with E-state index in [1.165, 1.54) is 30.6 Å². The summed E-state index contributed by atoms with van der Waals surface area (Å²) in [6, 6.07) is 2.29. The first-order valence-electron chi connectivity index (χ1n) is 12.0. The summed E-state index contributed by atoms with van der Waals surface area (Å²) >= 11 is 7.65. The van der Waals surface area contributed by atoms with E-state index in [-0.39, 0.29) is 48.2 Å². The lowest BCUT2D eigenvalue weighted by Gasteiger charge is -2.50. The SMILES string of the molecule is COC(=O)C1=C(CN2[C@H]3COC[C@H]2[C@H](F)[C@@H](CC(=O)O)C3)NC(c2nccs2)=N[C@H]1c1cccc(F)c1Cl. The predicted octanol–water partition coefficient (Wildman–Crippen LogP) is 3.36. The fourth-order valence-electron chi connectivity index (χ4n) is 5.38. The number of hydrogen-bond acceptors (Lipinski definition) is 9. The minimum absolute atomic E-state index is 0.0845. The fraction of sp³-hybridized carbons (Fsp3) is 0.440. The van der Waals surface area contributed by atoms with Crippen LogP contribution >= 0.6 is 22.9 Å². The van der Waals surface area contributed by atoms with Gasteiger partial charge in [0.15, 0.2) is 10.8 Å². The summed E-state index contributed by atoms with van der Waals surface area (Å²) in [5.74, 6) is -2.69. The smallest absolute Gasteiger partial charge is 0.338 e. The van der Waals surface area contributed by atoms with Gasteiger partial charge in [-0.25, -0.2) is 18.6 Å². The number of carboxylic acid groups (broad SMARTS) is 1. The predicted molar refractivity (Wildman–Crippen MR) is 135 cm³/mol. The molecule has 202 valence electrons. The highest BCUT2D eigenvalue weighted by atomic mass is 35.5. The zero-order valence-electron chi connectivity index (χ0n) is 20.3. The summed E-state index contributed by atoms with van der Waals surface area (Å²) in [6.45, 7) is 0.477. The molecule has 0 aliphatic carbocycles. The molecule has 3 aliphatic rings. The zero-order chi connectivity index (χ0) is 27.0. The maximum atomic E-state index is 15.5. The lowest BCUT2D eigenvalue weighted by Crippen LogP contribution is -2.63. The van der Waals surface area contributed by atoms with Crippen LogP contribution in [0.1, 0.15) is 29.5 Å². The molecular weight excluding hydrogens is 542 g/mol. The molecule has 1 aromatic heterocycles. The molecule has 4 heterocycles. The summed E-state index contributed by atoms with van der Waals surface area (Å²) in [6.07, 6.45) is 0.194. The van der Waals surface area contributed by atoms with Crippen LogP contribution in [0, 0.1) is 11.7 Å². The number of carbonyl (C=O) groups excluding carboxylic acids is 1. The average molecular weight is 567 g/mol. The number of hydrogen-bond donors (Lipinski definition) is 2. The number of nitrogens with zero attached hydrogens (tertiary/aromatic N) is 3. The van der Waals surface area contributed by atoms with Crippen molar-refractivity contribution in [2.75, 3.05) is 26.9 Å². The van der Waals surface area contributed by atoms with Gasteiger partial charge in [-0.05, 0) is 12.5 Å². The lowest BCUT2D eigenvalue weighted by atomic mass is 9.81. The molecular formula is C25H25ClF2N4O5S. The zero-order valence-corrected chi connectivity index (χ0v) is 21.8. The van der Waals surface area contributed by atoms with Crippen molar-refractivity contribution in [1.29, 1.82) is 0 Å². The molecule has 5 atom stereocenters. The van der Waals surface area contributed by atoms with Crippen LogP contribution in [0.5, 0.6) is 0 Å². The van der Waals surface area contributed by atoms with Gasteiger partial charge in [0.25, 0.3) is 0 Å². The van der Waals surface area contributed by atoms with Crippen molar-refractivity contribution < 1.29 is 33.0 Å². The number of nitrogens with one attached hydrogen (secondary N) is 1. The number of fused-ring (bicyclic) bond motifs is 2. The minimum atomic E-state index is -1.44. The van der Waals surface area contributed by atoms with Gasteiger partial charge < -0.3 is 19.9 Å². The summed E-state index contributed by atoms with van der Waals surface area (Å²) in [5, 5.41) is 14.6. The number of aromatic nitrogens is 1. The van der Waals surface area contributed by atoms with E-state index in [9.17, 15) is 19.1 Å². The van der Waals surface area contributed by atoms with Gasteiger partial charge in [-0.15, -0.1) is 11.3 Å². The lowest BCUT2D eigenvalue weighted by molar-refractivity contribution is -0.146. The van der Waals surface area contributed by atoms with Crippen molar-refractivity contribution >= 4 is 40.7 Å². The van der Waals surface area contributed by atoms with Crippen molar-refractivity contribution in [3.8, 4) is 0 Å². The van der Waals surface area contributed by atoms with Gasteiger partial charge in [-0.3, -0.25) is 14.7 Å². The largest absolute Gasteiger partial charge is 0.481 e. The van der Waals surface area contributed by atoms with Crippen LogP contribution in [0.4, 0.5) is 8.78 Å². The van der Waals surface area contributed by atoms with Crippen molar-refractivity contribution in [3.05, 3.63) is 62.5 Å². The Kier molecular flexibility index (Phi) is 7.75. The molecule has 0 amide bonds. The average Bonchev–Trinajstić information content (AvgIpc) is 3.43. The van der Waals surface area contributed by atoms with E-state index < -0.39 is 41.9 Å². The molecule has 1 aromatic carbocycles. The summed E-state index contributed by atoms with van der Waals surface area (Å²) in [7, 11) is 1.23. The van der Waals surface area contributed by atoms with Gasteiger partial charge in [0.1, 0.15) is 18.0 Å². The Morgan fingerprint density at radius 3 is 2.89 bits per heavy atom. The van der Waals surface area contributed by atoms with Crippen LogP contribution in [0.15, 0.2) is 46.0 Å². The van der Waals surface area contributed by atoms with E-state index in [0.29, 0.717) is 23.1 Å². The molecule has 0 spiro atoms. The van der Waals surface area contributed by atoms with Crippen molar-refractivity contribution in [2.24, 2.45) is 10.9 Å². The molecule has 38 heavy (non-hydrogen) atoms. The Hall–Kier alpha value is -2.93. The maximum Gasteiger partial charge on any atom is 0.338 e. The van der Waals surface area contributed by atoms with Gasteiger partial charge in [-0.1, -0.05) is 23.7 Å². The third-order valence-electron chi connectivity index (χ3n) is 7.11. The van der Waals surface area contributed by atoms with Crippen LogP contribution in [-0.4, -0.2) is 77.9 Å². The molecule has 9 nitrogen and oxygen atoms in total. The number of ether oxygens (including phenoxy) is 2. The van der Waals surface area contributed by atoms with Crippen LogP contribution in [-0.2, 0) is 19.1 Å². The molecule has 2 saturated heterocycles. The minimum Gasteiger partial charge on any atom is -0.481 e. The summed E-state index contributed by atoms with van der Waals surface area (Å²) in [5.41, 5.74) is 0.776. The van der Waals surface area contributed by atoms with E-state index in [2.05, 4.69) is 15.3 Å². The Morgan fingerprint density at radius 2 is 2.18 bits per heavy atom. The number of halogens is 3. The Balaban J connectivity index is 1.57. The Bertz CT molecular complexity index is 1290. The van der Waals surface area contributed by atoms with Crippen molar-refractivity contribution in [3.63, 3.8) is 0 Å². The van der Waals surface area contributed by atoms with E-state index in [0.717, 1.165) is 0 Å². The second-order valence-corrected chi connectivity index (χ2v) is 10.6. The van der Waals surface area contributed by atoms with Crippen LogP contribution in [0.25, 0.3) is 0 Å². The van der Waals surface area contributed by atoms with Gasteiger partial charge in [0.2, 0.25) is 0 Å². The highest BCUT2D eigenvalue weighted by molar-refractivity contribution is 7.11. The number of thiazole rings is 1. The molecule has 0 radical (unpaired) electrons. The number of morpholine rings is 1. The number of carbonyl (C=O) groups is 2. The number of alkyl halides is 1. The van der Waals surface area contributed by atoms with E-state index in [1.807, 2.05) is 4.90 Å². The maximum absolute atomic E-state index is 15.5. The first-order valence-corrected chi connectivity index (χ1v) is 13.2. The summed E-state index contributed by atoms with van der Waals surface area (Å²) in [4.78, 5) is 35.4. The van der Waals surface area contributed by atoms with Crippen LogP contribution in [0.2, 0.25) is 5.02 Å². The van der Waals surface area contributed by atoms with Gasteiger partial charge >= 0.3 is 11.9 Å². The molecule has 3 aliphatic heterocycles. The summed E-state index contributed by atoms with van der Waals surface area (Å²) < 4.78 is 40.7. The second kappa shape index (κ2) is 11.0. The second-order valence-electron chi connectivity index (χ2n) is 9.34. The number of esters is 1.